The zero-order valence-electron chi connectivity index (χ0n) is 15.6. The third-order valence-corrected chi connectivity index (χ3v) is 4.61. The van der Waals surface area contributed by atoms with Crippen molar-refractivity contribution in [2.24, 2.45) is 5.73 Å². The van der Waals surface area contributed by atoms with Gasteiger partial charge in [0, 0.05) is 0 Å². The highest BCUT2D eigenvalue weighted by molar-refractivity contribution is 5.76. The van der Waals surface area contributed by atoms with Gasteiger partial charge in [0.1, 0.15) is 24.4 Å². The maximum atomic E-state index is 12.1. The number of esters is 1. The predicted molar refractivity (Wildman–Crippen MR) is 96.3 cm³/mol. The molecule has 0 spiro atoms. The van der Waals surface area contributed by atoms with E-state index in [-0.39, 0.29) is 24.0 Å². The van der Waals surface area contributed by atoms with E-state index in [4.69, 9.17) is 19.9 Å². The monoisotopic (exact) mass is 381 g/mol. The topological polar surface area (TPSA) is 128 Å². The Hall–Kier alpha value is -2.48. The number of ether oxygens (including phenoxy) is 3. The van der Waals surface area contributed by atoms with E-state index in [9.17, 15) is 19.8 Å². The minimum atomic E-state index is -0.964. The summed E-state index contributed by atoms with van der Waals surface area (Å²) in [5.41, 5.74) is 6.42. The number of carbonyl (C=O) groups is 2. The Morgan fingerprint density at radius 3 is 2.37 bits per heavy atom. The number of carbonyl (C=O) groups excluding carboxylic acids is 2. The van der Waals surface area contributed by atoms with Gasteiger partial charge in [0.15, 0.2) is 11.5 Å². The lowest BCUT2D eigenvalue weighted by atomic mass is 10.1. The van der Waals surface area contributed by atoms with E-state index < -0.39 is 30.4 Å². The Morgan fingerprint density at radius 2 is 1.74 bits per heavy atom. The van der Waals surface area contributed by atoms with Crippen LogP contribution in [0.4, 0.5) is 4.79 Å². The van der Waals surface area contributed by atoms with Crippen molar-refractivity contribution in [3.63, 3.8) is 0 Å². The van der Waals surface area contributed by atoms with Gasteiger partial charge in [0.05, 0.1) is 0 Å². The number of benzene rings is 1. The van der Waals surface area contributed by atoms with E-state index in [1.165, 1.54) is 12.1 Å². The van der Waals surface area contributed by atoms with Crippen LogP contribution in [-0.2, 0) is 25.4 Å². The van der Waals surface area contributed by atoms with Crippen LogP contribution < -0.4 is 5.73 Å². The molecule has 1 aliphatic carbocycles. The molecule has 8 heteroatoms. The summed E-state index contributed by atoms with van der Waals surface area (Å²) in [7, 11) is 0. The van der Waals surface area contributed by atoms with Crippen molar-refractivity contribution in [2.45, 2.75) is 70.3 Å². The van der Waals surface area contributed by atoms with Crippen LogP contribution >= 0.6 is 0 Å². The number of phenolic OH excluding ortho intramolecular Hbond substituents is 2. The van der Waals surface area contributed by atoms with Crippen LogP contribution in [0.1, 0.15) is 45.1 Å². The zero-order valence-corrected chi connectivity index (χ0v) is 15.6. The Bertz CT molecular complexity index is 657. The molecule has 0 bridgehead atoms. The molecule has 150 valence electrons. The second-order valence-corrected chi connectivity index (χ2v) is 6.87. The first kappa shape index (κ1) is 20.8. The van der Waals surface area contributed by atoms with E-state index in [0.29, 0.717) is 5.56 Å². The van der Waals surface area contributed by atoms with Gasteiger partial charge in [-0.2, -0.15) is 0 Å². The van der Waals surface area contributed by atoms with Crippen molar-refractivity contribution in [1.29, 1.82) is 0 Å². The van der Waals surface area contributed by atoms with E-state index in [2.05, 4.69) is 0 Å². The Morgan fingerprint density at radius 1 is 1.11 bits per heavy atom. The summed E-state index contributed by atoms with van der Waals surface area (Å²) in [6.45, 7) is 3.21. The number of hydrogen-bond donors (Lipinski definition) is 3. The summed E-state index contributed by atoms with van der Waals surface area (Å²) < 4.78 is 15.6. The normalized spacial score (nSPS) is 17.7. The summed E-state index contributed by atoms with van der Waals surface area (Å²) in [4.78, 5) is 23.9. The van der Waals surface area contributed by atoms with Crippen LogP contribution in [0.15, 0.2) is 18.2 Å². The van der Waals surface area contributed by atoms with Crippen LogP contribution in [0, 0.1) is 0 Å². The molecule has 1 fully saturated rings. The van der Waals surface area contributed by atoms with Gasteiger partial charge in [0.25, 0.3) is 0 Å². The molecule has 1 aromatic carbocycles. The average Bonchev–Trinajstić information content (AvgIpc) is 3.10. The van der Waals surface area contributed by atoms with Gasteiger partial charge in [-0.25, -0.2) is 4.79 Å². The number of hydrogen-bond acceptors (Lipinski definition) is 8. The number of aromatic hydroxyl groups is 2. The minimum Gasteiger partial charge on any atom is -0.504 e. The van der Waals surface area contributed by atoms with E-state index in [0.717, 1.165) is 25.7 Å². The first-order valence-electron chi connectivity index (χ1n) is 9.10. The van der Waals surface area contributed by atoms with Gasteiger partial charge in [0.2, 0.25) is 0 Å². The predicted octanol–water partition coefficient (Wildman–Crippen LogP) is 2.38. The van der Waals surface area contributed by atoms with Crippen molar-refractivity contribution in [1.82, 2.24) is 0 Å². The fourth-order valence-corrected chi connectivity index (χ4v) is 2.82. The molecule has 0 aromatic heterocycles. The molecule has 0 aliphatic heterocycles. The molecular weight excluding hydrogens is 354 g/mol. The third kappa shape index (κ3) is 6.32. The molecule has 1 saturated carbocycles. The summed E-state index contributed by atoms with van der Waals surface area (Å²) in [6, 6.07) is 3.23. The van der Waals surface area contributed by atoms with Gasteiger partial charge in [-0.05, 0) is 63.6 Å². The first-order chi connectivity index (χ1) is 12.8. The van der Waals surface area contributed by atoms with Crippen LogP contribution in [0.5, 0.6) is 11.5 Å². The van der Waals surface area contributed by atoms with Crippen LogP contribution in [0.3, 0.4) is 0 Å². The smallest absolute Gasteiger partial charge is 0.504 e. The number of nitrogens with two attached hydrogens (primary N) is 1. The summed E-state index contributed by atoms with van der Waals surface area (Å²) in [6.07, 6.45) is 1.64. The second kappa shape index (κ2) is 9.45. The van der Waals surface area contributed by atoms with E-state index in [1.807, 2.05) is 0 Å². The molecule has 1 aliphatic rings. The van der Waals surface area contributed by atoms with Crippen LogP contribution in [-0.4, -0.2) is 46.7 Å². The van der Waals surface area contributed by atoms with Gasteiger partial charge >= 0.3 is 12.1 Å². The van der Waals surface area contributed by atoms with Gasteiger partial charge in [-0.15, -0.1) is 0 Å². The number of rotatable bonds is 7. The summed E-state index contributed by atoms with van der Waals surface area (Å²) in [5, 5.41) is 18.8. The van der Waals surface area contributed by atoms with Gasteiger partial charge in [-0.1, -0.05) is 6.07 Å². The highest BCUT2D eigenvalue weighted by atomic mass is 16.7. The van der Waals surface area contributed by atoms with E-state index >= 15 is 0 Å². The molecule has 0 amide bonds. The van der Waals surface area contributed by atoms with Crippen molar-refractivity contribution >= 4 is 12.1 Å². The maximum absolute atomic E-state index is 12.1. The summed E-state index contributed by atoms with van der Waals surface area (Å²) >= 11 is 0. The lowest BCUT2D eigenvalue weighted by Crippen LogP contribution is -2.39. The molecule has 0 heterocycles. The quantitative estimate of drug-likeness (QED) is 0.485. The SMILES string of the molecule is CC(OC(=O)OC1CCCC1)[C@H](C)OC(=O)[C@@H](N)Cc1ccc(O)c(O)c1. The van der Waals surface area contributed by atoms with Crippen LogP contribution in [0.2, 0.25) is 0 Å². The Balaban J connectivity index is 1.78. The van der Waals surface area contributed by atoms with Gasteiger partial charge < -0.3 is 30.2 Å². The Kier molecular flexibility index (Phi) is 7.29. The third-order valence-electron chi connectivity index (χ3n) is 4.61. The van der Waals surface area contributed by atoms with Crippen molar-refractivity contribution < 1.29 is 34.0 Å². The molecule has 1 aromatic rings. The molecule has 0 saturated heterocycles. The van der Waals surface area contributed by atoms with Crippen molar-refractivity contribution in [3.8, 4) is 11.5 Å². The van der Waals surface area contributed by atoms with E-state index in [1.54, 1.807) is 19.9 Å². The summed E-state index contributed by atoms with van der Waals surface area (Å²) in [5.74, 6) is -1.20. The maximum Gasteiger partial charge on any atom is 0.508 e. The zero-order chi connectivity index (χ0) is 20.0. The standard InChI is InChI=1S/C19H27NO7/c1-11(12(2)26-19(24)27-14-5-3-4-6-14)25-18(23)15(20)9-13-7-8-16(21)17(22)10-13/h7-8,10-12,14-15,21-22H,3-6,9,20H2,1-2H3/t11-,12?,15-/m0/s1. The van der Waals surface area contributed by atoms with Crippen molar-refractivity contribution in [2.75, 3.05) is 0 Å². The molecule has 4 N–H and O–H groups in total. The molecule has 1 unspecified atom stereocenters. The van der Waals surface area contributed by atoms with Crippen molar-refractivity contribution in [3.05, 3.63) is 23.8 Å². The highest BCUT2D eigenvalue weighted by Crippen LogP contribution is 2.25. The first-order valence-corrected chi connectivity index (χ1v) is 9.10. The largest absolute Gasteiger partial charge is 0.508 e. The molecular formula is C19H27NO7. The highest BCUT2D eigenvalue weighted by Gasteiger charge is 2.26. The molecule has 8 nitrogen and oxygen atoms in total. The average molecular weight is 381 g/mol. The number of phenols is 2. The van der Waals surface area contributed by atoms with Gasteiger partial charge in [-0.3, -0.25) is 4.79 Å². The lowest BCUT2D eigenvalue weighted by molar-refractivity contribution is -0.155. The Labute approximate surface area is 158 Å². The lowest BCUT2D eigenvalue weighted by Gasteiger charge is -2.23. The molecule has 0 radical (unpaired) electrons. The fourth-order valence-electron chi connectivity index (χ4n) is 2.82. The molecule has 3 atom stereocenters. The fraction of sp³-hybridized carbons (Fsp3) is 0.579. The minimum absolute atomic E-state index is 0.0993. The second-order valence-electron chi connectivity index (χ2n) is 6.87. The van der Waals surface area contributed by atoms with Crippen LogP contribution in [0.25, 0.3) is 0 Å². The molecule has 2 rings (SSSR count). The molecule has 27 heavy (non-hydrogen) atoms.